The van der Waals surface area contributed by atoms with E-state index in [1.807, 2.05) is 19.1 Å². The first-order valence-corrected chi connectivity index (χ1v) is 9.91. The first-order valence-electron chi connectivity index (χ1n) is 8.07. The zero-order valence-electron chi connectivity index (χ0n) is 14.6. The van der Waals surface area contributed by atoms with Crippen LogP contribution in [0.3, 0.4) is 0 Å². The Balaban J connectivity index is 1.64. The summed E-state index contributed by atoms with van der Waals surface area (Å²) in [5.74, 6) is 0.819. The van der Waals surface area contributed by atoms with Crippen LogP contribution in [0.4, 0.5) is 5.69 Å². The first kappa shape index (κ1) is 18.1. The molecule has 7 nitrogen and oxygen atoms in total. The molecule has 2 aromatic carbocycles. The molecule has 2 aromatic rings. The lowest BCUT2D eigenvalue weighted by atomic mass is 10.2. The van der Waals surface area contributed by atoms with Crippen molar-refractivity contribution in [2.45, 2.75) is 6.92 Å². The number of carbonyl (C=O) groups is 1. The Morgan fingerprint density at radius 3 is 2.50 bits per heavy atom. The summed E-state index contributed by atoms with van der Waals surface area (Å²) in [6.07, 6.45) is 1.15. The highest BCUT2D eigenvalue weighted by Crippen LogP contribution is 2.32. The quantitative estimate of drug-likeness (QED) is 0.833. The highest BCUT2D eigenvalue weighted by molar-refractivity contribution is 7.92. The highest BCUT2D eigenvalue weighted by Gasteiger charge is 2.19. The molecule has 1 heterocycles. The van der Waals surface area contributed by atoms with Gasteiger partial charge in [-0.15, -0.1) is 0 Å². The molecule has 0 aliphatic carbocycles. The van der Waals surface area contributed by atoms with Crippen molar-refractivity contribution in [1.82, 2.24) is 5.32 Å². The van der Waals surface area contributed by atoms with Crippen LogP contribution in [0.5, 0.6) is 11.5 Å². The Hall–Kier alpha value is -2.74. The van der Waals surface area contributed by atoms with Gasteiger partial charge in [-0.25, -0.2) is 8.42 Å². The predicted octanol–water partition coefficient (Wildman–Crippen LogP) is 1.92. The Labute approximate surface area is 152 Å². The second-order valence-electron chi connectivity index (χ2n) is 5.99. The van der Waals surface area contributed by atoms with Gasteiger partial charge in [0, 0.05) is 12.1 Å². The van der Waals surface area contributed by atoms with E-state index in [1.54, 1.807) is 30.3 Å². The molecule has 1 N–H and O–H groups in total. The maximum Gasteiger partial charge on any atom is 0.251 e. The number of carbonyl (C=O) groups excluding carboxylic acids is 1. The fourth-order valence-electron chi connectivity index (χ4n) is 2.61. The summed E-state index contributed by atoms with van der Waals surface area (Å²) in [5, 5.41) is 2.73. The fourth-order valence-corrected chi connectivity index (χ4v) is 3.54. The van der Waals surface area contributed by atoms with Crippen LogP contribution in [0.2, 0.25) is 0 Å². The lowest BCUT2D eigenvalue weighted by Crippen LogP contribution is -2.38. The van der Waals surface area contributed by atoms with Crippen molar-refractivity contribution in [2.75, 3.05) is 30.4 Å². The van der Waals surface area contributed by atoms with Crippen LogP contribution in [0.15, 0.2) is 42.5 Å². The summed E-state index contributed by atoms with van der Waals surface area (Å²) in [6.45, 7) is 2.38. The molecule has 1 aliphatic rings. The number of nitrogens with one attached hydrogen (secondary N) is 1. The van der Waals surface area contributed by atoms with E-state index in [0.717, 1.165) is 11.8 Å². The van der Waals surface area contributed by atoms with Gasteiger partial charge in [0.1, 0.15) is 0 Å². The molecule has 8 heteroatoms. The summed E-state index contributed by atoms with van der Waals surface area (Å²) < 4.78 is 35.9. The lowest BCUT2D eigenvalue weighted by Gasteiger charge is -2.22. The van der Waals surface area contributed by atoms with Crippen LogP contribution < -0.4 is 19.1 Å². The molecule has 1 aliphatic heterocycles. The standard InChI is InChI=1S/C18H20N2O5S/c1-13-3-6-15(7-4-13)20(26(2,22)23)10-9-19-18(21)14-5-8-16-17(11-14)25-12-24-16/h3-8,11H,9-10,12H2,1-2H3,(H,19,21). The van der Waals surface area contributed by atoms with Gasteiger partial charge in [0.2, 0.25) is 16.8 Å². The maximum absolute atomic E-state index is 12.3. The summed E-state index contributed by atoms with van der Waals surface area (Å²) in [5.41, 5.74) is 2.03. The monoisotopic (exact) mass is 376 g/mol. The second kappa shape index (κ2) is 7.25. The maximum atomic E-state index is 12.3. The van der Waals surface area contributed by atoms with Gasteiger partial charge in [-0.2, -0.15) is 0 Å². The second-order valence-corrected chi connectivity index (χ2v) is 7.90. The van der Waals surface area contributed by atoms with Gasteiger partial charge in [0.25, 0.3) is 5.91 Å². The van der Waals surface area contributed by atoms with Gasteiger partial charge in [-0.1, -0.05) is 17.7 Å². The number of benzene rings is 2. The average molecular weight is 376 g/mol. The Morgan fingerprint density at radius 2 is 1.81 bits per heavy atom. The minimum absolute atomic E-state index is 0.137. The number of fused-ring (bicyclic) bond motifs is 1. The predicted molar refractivity (Wildman–Crippen MR) is 98.3 cm³/mol. The van der Waals surface area contributed by atoms with Crippen molar-refractivity contribution in [1.29, 1.82) is 0 Å². The Bertz CT molecular complexity index is 910. The van der Waals surface area contributed by atoms with E-state index in [9.17, 15) is 13.2 Å². The van der Waals surface area contributed by atoms with Crippen LogP contribution in [0, 0.1) is 6.92 Å². The average Bonchev–Trinajstić information content (AvgIpc) is 3.06. The molecule has 0 unspecified atom stereocenters. The molecule has 0 spiro atoms. The summed E-state index contributed by atoms with van der Waals surface area (Å²) in [7, 11) is -3.46. The van der Waals surface area contributed by atoms with E-state index in [2.05, 4.69) is 5.32 Å². The molecular formula is C18H20N2O5S. The van der Waals surface area contributed by atoms with E-state index in [4.69, 9.17) is 9.47 Å². The minimum atomic E-state index is -3.46. The van der Waals surface area contributed by atoms with Gasteiger partial charge in [0.05, 0.1) is 18.5 Å². The summed E-state index contributed by atoms with van der Waals surface area (Å²) in [4.78, 5) is 12.3. The molecule has 1 amide bonds. The highest BCUT2D eigenvalue weighted by atomic mass is 32.2. The number of anilines is 1. The van der Waals surface area contributed by atoms with E-state index < -0.39 is 10.0 Å². The van der Waals surface area contributed by atoms with Crippen LogP contribution in [0.25, 0.3) is 0 Å². The minimum Gasteiger partial charge on any atom is -0.454 e. The first-order chi connectivity index (χ1) is 12.3. The van der Waals surface area contributed by atoms with Crippen LogP contribution >= 0.6 is 0 Å². The van der Waals surface area contributed by atoms with Crippen molar-refractivity contribution < 1.29 is 22.7 Å². The Morgan fingerprint density at radius 1 is 1.12 bits per heavy atom. The third-order valence-corrected chi connectivity index (χ3v) is 5.15. The zero-order valence-corrected chi connectivity index (χ0v) is 15.4. The van der Waals surface area contributed by atoms with Crippen molar-refractivity contribution in [3.63, 3.8) is 0 Å². The molecule has 0 bridgehead atoms. The van der Waals surface area contributed by atoms with Crippen molar-refractivity contribution in [2.24, 2.45) is 0 Å². The number of nitrogens with zero attached hydrogens (tertiary/aromatic N) is 1. The van der Waals surface area contributed by atoms with Gasteiger partial charge in [-0.05, 0) is 37.3 Å². The molecule has 3 rings (SSSR count). The van der Waals surface area contributed by atoms with Crippen LogP contribution in [0.1, 0.15) is 15.9 Å². The third kappa shape index (κ3) is 4.08. The van der Waals surface area contributed by atoms with Crippen molar-refractivity contribution in [3.05, 3.63) is 53.6 Å². The number of aryl methyl sites for hydroxylation is 1. The molecule has 0 aromatic heterocycles. The van der Waals surface area contributed by atoms with Crippen molar-refractivity contribution in [3.8, 4) is 11.5 Å². The van der Waals surface area contributed by atoms with Gasteiger partial charge in [0.15, 0.2) is 11.5 Å². The molecule has 0 radical (unpaired) electrons. The number of hydrogen-bond acceptors (Lipinski definition) is 5. The smallest absolute Gasteiger partial charge is 0.251 e. The largest absolute Gasteiger partial charge is 0.454 e. The number of hydrogen-bond donors (Lipinski definition) is 1. The van der Waals surface area contributed by atoms with E-state index >= 15 is 0 Å². The Kier molecular flexibility index (Phi) is 5.03. The topological polar surface area (TPSA) is 84.9 Å². The fraction of sp³-hybridized carbons (Fsp3) is 0.278. The molecular weight excluding hydrogens is 356 g/mol. The van der Waals surface area contributed by atoms with E-state index in [1.165, 1.54) is 4.31 Å². The molecule has 0 saturated carbocycles. The number of ether oxygens (including phenoxy) is 2. The van der Waals surface area contributed by atoms with Crippen LogP contribution in [-0.4, -0.2) is 40.5 Å². The van der Waals surface area contributed by atoms with Crippen LogP contribution in [-0.2, 0) is 10.0 Å². The number of sulfonamides is 1. The SMILES string of the molecule is Cc1ccc(N(CCNC(=O)c2ccc3c(c2)OCO3)S(C)(=O)=O)cc1. The number of amides is 1. The van der Waals surface area contributed by atoms with E-state index in [0.29, 0.717) is 22.7 Å². The van der Waals surface area contributed by atoms with Crippen molar-refractivity contribution >= 4 is 21.6 Å². The lowest BCUT2D eigenvalue weighted by molar-refractivity contribution is 0.0954. The molecule has 26 heavy (non-hydrogen) atoms. The van der Waals surface area contributed by atoms with Gasteiger partial charge >= 0.3 is 0 Å². The van der Waals surface area contributed by atoms with Gasteiger partial charge < -0.3 is 14.8 Å². The summed E-state index contributed by atoms with van der Waals surface area (Å²) >= 11 is 0. The van der Waals surface area contributed by atoms with E-state index in [-0.39, 0.29) is 25.8 Å². The zero-order chi connectivity index (χ0) is 18.7. The molecule has 0 atom stereocenters. The number of rotatable bonds is 6. The summed E-state index contributed by atoms with van der Waals surface area (Å²) in [6, 6.07) is 12.1. The molecule has 0 fully saturated rings. The normalized spacial score (nSPS) is 12.7. The molecule has 0 saturated heterocycles. The molecule has 138 valence electrons. The van der Waals surface area contributed by atoms with Gasteiger partial charge in [-0.3, -0.25) is 9.10 Å². The third-order valence-electron chi connectivity index (χ3n) is 3.96.